The van der Waals surface area contributed by atoms with Crippen molar-refractivity contribution in [1.29, 1.82) is 0 Å². The van der Waals surface area contributed by atoms with E-state index < -0.39 is 17.6 Å². The molecule has 0 saturated heterocycles. The number of halogens is 3. The molecule has 0 atom stereocenters. The Bertz CT molecular complexity index is 1190. The summed E-state index contributed by atoms with van der Waals surface area (Å²) in [7, 11) is 0. The van der Waals surface area contributed by atoms with Gasteiger partial charge in [-0.25, -0.2) is 0 Å². The van der Waals surface area contributed by atoms with Gasteiger partial charge >= 0.3 is 6.18 Å². The van der Waals surface area contributed by atoms with Gasteiger partial charge in [0.05, 0.1) is 10.9 Å². The molecule has 4 rings (SSSR count). The molecule has 0 saturated carbocycles. The highest BCUT2D eigenvalue weighted by atomic mass is 19.4. The number of fused-ring (bicyclic) bond motifs is 1. The van der Waals surface area contributed by atoms with Crippen molar-refractivity contribution in [3.05, 3.63) is 89.6 Å². The number of ether oxygens (including phenoxy) is 1. The van der Waals surface area contributed by atoms with E-state index in [1.165, 1.54) is 12.1 Å². The van der Waals surface area contributed by atoms with Gasteiger partial charge in [0.25, 0.3) is 5.91 Å². The fourth-order valence-corrected chi connectivity index (χ4v) is 2.88. The van der Waals surface area contributed by atoms with Crippen LogP contribution < -0.4 is 10.1 Å². The summed E-state index contributed by atoms with van der Waals surface area (Å²) >= 11 is 0. The first-order chi connectivity index (χ1) is 14.4. The first kappa shape index (κ1) is 19.5. The first-order valence-electron chi connectivity index (χ1n) is 8.95. The Hall–Kier alpha value is -3.81. The van der Waals surface area contributed by atoms with Gasteiger partial charge in [-0.15, -0.1) is 0 Å². The number of rotatable bonds is 5. The largest absolute Gasteiger partial charge is 0.489 e. The minimum absolute atomic E-state index is 0.00814. The zero-order valence-electron chi connectivity index (χ0n) is 15.4. The van der Waals surface area contributed by atoms with Gasteiger partial charge < -0.3 is 14.6 Å². The zero-order chi connectivity index (χ0) is 21.1. The van der Waals surface area contributed by atoms with E-state index in [2.05, 4.69) is 10.5 Å². The van der Waals surface area contributed by atoms with Crippen LogP contribution in [0.1, 0.15) is 21.6 Å². The molecule has 0 radical (unpaired) electrons. The van der Waals surface area contributed by atoms with Crippen molar-refractivity contribution in [3.8, 4) is 5.75 Å². The first-order valence-corrected chi connectivity index (χ1v) is 8.95. The van der Waals surface area contributed by atoms with Gasteiger partial charge in [-0.2, -0.15) is 13.2 Å². The third-order valence-electron chi connectivity index (χ3n) is 4.35. The summed E-state index contributed by atoms with van der Waals surface area (Å²) in [6.07, 6.45) is -4.50. The third-order valence-corrected chi connectivity index (χ3v) is 4.35. The molecule has 1 N–H and O–H groups in total. The van der Waals surface area contributed by atoms with Crippen LogP contribution in [0, 0.1) is 0 Å². The van der Waals surface area contributed by atoms with Crippen molar-refractivity contribution in [2.45, 2.75) is 12.8 Å². The lowest BCUT2D eigenvalue weighted by atomic mass is 10.1. The van der Waals surface area contributed by atoms with Gasteiger partial charge in [-0.05, 0) is 35.9 Å². The van der Waals surface area contributed by atoms with Gasteiger partial charge in [0.15, 0.2) is 11.3 Å². The summed E-state index contributed by atoms with van der Waals surface area (Å²) in [5, 5.41) is 6.60. The number of nitrogens with zero attached hydrogens (tertiary/aromatic N) is 1. The van der Waals surface area contributed by atoms with E-state index in [1.807, 2.05) is 30.3 Å². The molecule has 1 amide bonds. The fraction of sp³-hybridized carbons (Fsp3) is 0.0909. The van der Waals surface area contributed by atoms with E-state index in [4.69, 9.17) is 9.26 Å². The molecule has 4 aromatic rings. The van der Waals surface area contributed by atoms with Crippen LogP contribution in [-0.2, 0) is 12.8 Å². The summed E-state index contributed by atoms with van der Waals surface area (Å²) in [5.41, 5.74) is 0.447. The average Bonchev–Trinajstić information content (AvgIpc) is 3.16. The van der Waals surface area contributed by atoms with Crippen molar-refractivity contribution in [2.75, 3.05) is 5.32 Å². The normalized spacial score (nSPS) is 11.4. The lowest BCUT2D eigenvalue weighted by Crippen LogP contribution is -2.13. The number of anilines is 1. The lowest BCUT2D eigenvalue weighted by Gasteiger charge is -2.09. The van der Waals surface area contributed by atoms with E-state index >= 15 is 0 Å². The molecule has 0 aliphatic heterocycles. The van der Waals surface area contributed by atoms with Crippen LogP contribution in [0.5, 0.6) is 5.75 Å². The van der Waals surface area contributed by atoms with E-state index in [0.29, 0.717) is 23.3 Å². The average molecular weight is 412 g/mol. The van der Waals surface area contributed by atoms with Gasteiger partial charge in [-0.1, -0.05) is 41.6 Å². The maximum Gasteiger partial charge on any atom is 0.416 e. The Labute approximate surface area is 169 Å². The van der Waals surface area contributed by atoms with Crippen molar-refractivity contribution < 1.29 is 27.2 Å². The molecular formula is C22H15F3N2O3. The lowest BCUT2D eigenvalue weighted by molar-refractivity contribution is -0.137. The van der Waals surface area contributed by atoms with Crippen LogP contribution >= 0.6 is 0 Å². The smallest absolute Gasteiger partial charge is 0.416 e. The highest BCUT2D eigenvalue weighted by Crippen LogP contribution is 2.31. The number of hydrogen-bond acceptors (Lipinski definition) is 4. The summed E-state index contributed by atoms with van der Waals surface area (Å²) < 4.78 is 49.5. The predicted molar refractivity (Wildman–Crippen MR) is 104 cm³/mol. The van der Waals surface area contributed by atoms with E-state index in [9.17, 15) is 18.0 Å². The quantitative estimate of drug-likeness (QED) is 0.458. The molecule has 152 valence electrons. The van der Waals surface area contributed by atoms with Crippen LogP contribution in [0.25, 0.3) is 11.0 Å². The summed E-state index contributed by atoms with van der Waals surface area (Å²) in [6.45, 7) is 0.364. The number of nitrogens with one attached hydrogen (secondary N) is 1. The van der Waals surface area contributed by atoms with Gasteiger partial charge in [0.2, 0.25) is 0 Å². The molecule has 0 spiro atoms. The zero-order valence-corrected chi connectivity index (χ0v) is 15.4. The molecular weight excluding hydrogens is 397 g/mol. The number of benzene rings is 3. The Balaban J connectivity index is 1.50. The van der Waals surface area contributed by atoms with E-state index in [1.54, 1.807) is 18.2 Å². The third kappa shape index (κ3) is 4.27. The monoisotopic (exact) mass is 412 g/mol. The van der Waals surface area contributed by atoms with E-state index in [0.717, 1.165) is 17.7 Å². The Morgan fingerprint density at radius 3 is 2.57 bits per heavy atom. The second-order valence-electron chi connectivity index (χ2n) is 6.50. The van der Waals surface area contributed by atoms with Gasteiger partial charge in [-0.3, -0.25) is 4.79 Å². The Morgan fingerprint density at radius 2 is 1.80 bits per heavy atom. The summed E-state index contributed by atoms with van der Waals surface area (Å²) in [5.74, 6) is -0.140. The topological polar surface area (TPSA) is 64.4 Å². The van der Waals surface area contributed by atoms with E-state index in [-0.39, 0.29) is 11.4 Å². The number of carbonyl (C=O) groups excluding carboxylic acids is 1. The molecule has 1 heterocycles. The fourth-order valence-electron chi connectivity index (χ4n) is 2.88. The van der Waals surface area contributed by atoms with Crippen molar-refractivity contribution in [2.24, 2.45) is 0 Å². The Morgan fingerprint density at radius 1 is 1.00 bits per heavy atom. The van der Waals surface area contributed by atoms with Crippen LogP contribution in [0.3, 0.4) is 0 Å². The maximum atomic E-state index is 12.8. The number of aromatic nitrogens is 1. The van der Waals surface area contributed by atoms with Gasteiger partial charge in [0, 0.05) is 11.8 Å². The molecule has 0 unspecified atom stereocenters. The summed E-state index contributed by atoms with van der Waals surface area (Å²) in [6, 6.07) is 18.9. The van der Waals surface area contributed by atoms with Crippen LogP contribution in [0.2, 0.25) is 0 Å². The summed E-state index contributed by atoms with van der Waals surface area (Å²) in [4.78, 5) is 12.5. The molecule has 0 bridgehead atoms. The second-order valence-corrected chi connectivity index (χ2v) is 6.50. The minimum atomic E-state index is -4.50. The number of hydrogen-bond donors (Lipinski definition) is 1. The number of carbonyl (C=O) groups is 1. The highest BCUT2D eigenvalue weighted by Gasteiger charge is 2.30. The molecule has 30 heavy (non-hydrogen) atoms. The minimum Gasteiger partial charge on any atom is -0.489 e. The molecule has 5 nitrogen and oxygen atoms in total. The molecule has 8 heteroatoms. The SMILES string of the molecule is O=C(Nc1cccc(C(F)(F)F)c1)c1noc2cc(OCc3ccccc3)ccc12. The van der Waals surface area contributed by atoms with Crippen molar-refractivity contribution in [3.63, 3.8) is 0 Å². The second kappa shape index (κ2) is 7.90. The highest BCUT2D eigenvalue weighted by molar-refractivity contribution is 6.10. The van der Waals surface area contributed by atoms with Crippen LogP contribution in [0.15, 0.2) is 77.3 Å². The molecule has 3 aromatic carbocycles. The number of amides is 1. The molecule has 1 aromatic heterocycles. The Kier molecular flexibility index (Phi) is 5.14. The van der Waals surface area contributed by atoms with Crippen molar-refractivity contribution in [1.82, 2.24) is 5.16 Å². The number of alkyl halides is 3. The van der Waals surface area contributed by atoms with Crippen molar-refractivity contribution >= 4 is 22.6 Å². The molecule has 0 aliphatic rings. The van der Waals surface area contributed by atoms with Gasteiger partial charge in [0.1, 0.15) is 12.4 Å². The van der Waals surface area contributed by atoms with Crippen LogP contribution in [0.4, 0.5) is 18.9 Å². The van der Waals surface area contributed by atoms with Crippen LogP contribution in [-0.4, -0.2) is 11.1 Å². The molecule has 0 aliphatic carbocycles. The predicted octanol–water partition coefficient (Wildman–Crippen LogP) is 5.68. The maximum absolute atomic E-state index is 12.8. The standard InChI is InChI=1S/C22H15F3N2O3/c23-22(24,25)15-7-4-8-16(11-15)26-21(28)20-18-10-9-17(12-19(18)30-27-20)29-13-14-5-2-1-3-6-14/h1-12H,13H2,(H,26,28). The molecule has 0 fully saturated rings.